The van der Waals surface area contributed by atoms with Crippen LogP contribution < -0.4 is 4.90 Å². The molecular formula is C22H17ClN4O3S. The minimum atomic E-state index is -0.556. The standard InChI is InChI=1S/C22H17ClN4O3S/c1-13-6-9-19-20(14(13)2)25-22(31-19)26(12-15-5-3-4-10-24-15)21(28)17-11-16(27(29)30)7-8-18(17)23/h3-11H,12H2,1-2H3. The molecule has 7 nitrogen and oxygen atoms in total. The summed E-state index contributed by atoms with van der Waals surface area (Å²) < 4.78 is 0.946. The number of aryl methyl sites for hydroxylation is 2. The zero-order chi connectivity index (χ0) is 22.1. The summed E-state index contributed by atoms with van der Waals surface area (Å²) in [5, 5.41) is 11.8. The molecule has 31 heavy (non-hydrogen) atoms. The second kappa shape index (κ2) is 8.41. The van der Waals surface area contributed by atoms with E-state index in [2.05, 4.69) is 4.98 Å². The number of pyridine rings is 1. The fourth-order valence-corrected chi connectivity index (χ4v) is 4.37. The van der Waals surface area contributed by atoms with Crippen LogP contribution in [0.1, 0.15) is 27.2 Å². The molecule has 2 heterocycles. The number of fused-ring (bicyclic) bond motifs is 1. The predicted octanol–water partition coefficient (Wildman–Crippen LogP) is 5.72. The van der Waals surface area contributed by atoms with Gasteiger partial charge in [0.05, 0.1) is 38.0 Å². The van der Waals surface area contributed by atoms with Gasteiger partial charge in [0, 0.05) is 18.3 Å². The number of nitro benzene ring substituents is 1. The van der Waals surface area contributed by atoms with Crippen molar-refractivity contribution in [1.82, 2.24) is 9.97 Å². The summed E-state index contributed by atoms with van der Waals surface area (Å²) in [5.41, 5.74) is 3.46. The van der Waals surface area contributed by atoms with Crippen LogP contribution in [0, 0.1) is 24.0 Å². The molecule has 0 unspecified atom stereocenters. The van der Waals surface area contributed by atoms with Gasteiger partial charge in [-0.1, -0.05) is 35.1 Å². The van der Waals surface area contributed by atoms with Crippen molar-refractivity contribution in [2.24, 2.45) is 0 Å². The molecule has 0 saturated carbocycles. The molecule has 0 aliphatic heterocycles. The van der Waals surface area contributed by atoms with Crippen LogP contribution in [-0.2, 0) is 6.54 Å². The lowest BCUT2D eigenvalue weighted by Crippen LogP contribution is -2.31. The molecule has 0 atom stereocenters. The van der Waals surface area contributed by atoms with Gasteiger partial charge in [-0.3, -0.25) is 24.8 Å². The normalized spacial score (nSPS) is 10.9. The number of aromatic nitrogens is 2. The lowest BCUT2D eigenvalue weighted by atomic mass is 10.1. The van der Waals surface area contributed by atoms with E-state index >= 15 is 0 Å². The molecule has 0 aliphatic rings. The zero-order valence-corrected chi connectivity index (χ0v) is 18.3. The van der Waals surface area contributed by atoms with E-state index in [0.717, 1.165) is 21.3 Å². The lowest BCUT2D eigenvalue weighted by molar-refractivity contribution is -0.384. The largest absolute Gasteiger partial charge is 0.278 e. The molecule has 0 bridgehead atoms. The predicted molar refractivity (Wildman–Crippen MR) is 122 cm³/mol. The molecule has 0 saturated heterocycles. The van der Waals surface area contributed by atoms with Crippen molar-refractivity contribution in [2.45, 2.75) is 20.4 Å². The Morgan fingerprint density at radius 3 is 2.71 bits per heavy atom. The Bertz CT molecular complexity index is 1310. The minimum Gasteiger partial charge on any atom is -0.278 e. The summed E-state index contributed by atoms with van der Waals surface area (Å²) in [6.07, 6.45) is 1.64. The molecule has 2 aromatic heterocycles. The van der Waals surface area contributed by atoms with Gasteiger partial charge in [0.2, 0.25) is 0 Å². The van der Waals surface area contributed by atoms with E-state index in [4.69, 9.17) is 16.6 Å². The summed E-state index contributed by atoms with van der Waals surface area (Å²) in [7, 11) is 0. The Hall–Kier alpha value is -3.36. The second-order valence-electron chi connectivity index (χ2n) is 6.98. The maximum Gasteiger partial charge on any atom is 0.270 e. The number of carbonyl (C=O) groups is 1. The average molecular weight is 453 g/mol. The van der Waals surface area contributed by atoms with E-state index in [-0.39, 0.29) is 22.8 Å². The highest BCUT2D eigenvalue weighted by atomic mass is 35.5. The van der Waals surface area contributed by atoms with Crippen molar-refractivity contribution in [3.63, 3.8) is 0 Å². The van der Waals surface area contributed by atoms with Crippen LogP contribution >= 0.6 is 22.9 Å². The quantitative estimate of drug-likeness (QED) is 0.285. The zero-order valence-electron chi connectivity index (χ0n) is 16.7. The molecule has 156 valence electrons. The molecule has 2 aromatic carbocycles. The van der Waals surface area contributed by atoms with E-state index in [1.165, 1.54) is 34.4 Å². The number of thiazole rings is 1. The Kier molecular flexibility index (Phi) is 5.67. The van der Waals surface area contributed by atoms with Crippen molar-refractivity contribution in [3.8, 4) is 0 Å². The van der Waals surface area contributed by atoms with Crippen LogP contribution in [0.4, 0.5) is 10.8 Å². The summed E-state index contributed by atoms with van der Waals surface area (Å²) in [5.74, 6) is -0.479. The molecule has 0 fully saturated rings. The number of anilines is 1. The van der Waals surface area contributed by atoms with E-state index in [1.807, 2.05) is 32.0 Å². The van der Waals surface area contributed by atoms with E-state index in [0.29, 0.717) is 10.8 Å². The van der Waals surface area contributed by atoms with Crippen LogP contribution in [0.2, 0.25) is 5.02 Å². The summed E-state index contributed by atoms with van der Waals surface area (Å²) in [6, 6.07) is 13.2. The van der Waals surface area contributed by atoms with Crippen molar-refractivity contribution in [1.29, 1.82) is 0 Å². The first-order valence-electron chi connectivity index (χ1n) is 9.37. The van der Waals surface area contributed by atoms with Gasteiger partial charge in [0.25, 0.3) is 11.6 Å². The van der Waals surface area contributed by atoms with Crippen molar-refractivity contribution in [3.05, 3.63) is 92.2 Å². The van der Waals surface area contributed by atoms with Crippen LogP contribution in [0.15, 0.2) is 54.7 Å². The van der Waals surface area contributed by atoms with Crippen LogP contribution in [0.3, 0.4) is 0 Å². The van der Waals surface area contributed by atoms with Crippen molar-refractivity contribution >= 4 is 49.9 Å². The van der Waals surface area contributed by atoms with Crippen LogP contribution in [0.5, 0.6) is 0 Å². The van der Waals surface area contributed by atoms with Crippen LogP contribution in [-0.4, -0.2) is 20.8 Å². The molecule has 0 radical (unpaired) electrons. The Morgan fingerprint density at radius 2 is 2.00 bits per heavy atom. The fraction of sp³-hybridized carbons (Fsp3) is 0.136. The number of hydrogen-bond donors (Lipinski definition) is 0. The third-order valence-electron chi connectivity index (χ3n) is 4.99. The van der Waals surface area contributed by atoms with Gasteiger partial charge in [-0.25, -0.2) is 4.98 Å². The molecule has 0 aliphatic carbocycles. The number of carbonyl (C=O) groups excluding carboxylic acids is 1. The van der Waals surface area contributed by atoms with E-state index < -0.39 is 10.8 Å². The number of benzene rings is 2. The van der Waals surface area contributed by atoms with E-state index in [9.17, 15) is 14.9 Å². The number of hydrogen-bond acceptors (Lipinski definition) is 6. The molecule has 0 N–H and O–H groups in total. The second-order valence-corrected chi connectivity index (χ2v) is 8.40. The Balaban J connectivity index is 1.84. The molecular weight excluding hydrogens is 436 g/mol. The number of non-ortho nitro benzene ring substituents is 1. The molecule has 1 amide bonds. The smallest absolute Gasteiger partial charge is 0.270 e. The first-order chi connectivity index (χ1) is 14.8. The van der Waals surface area contributed by atoms with Gasteiger partial charge in [-0.15, -0.1) is 0 Å². The first-order valence-corrected chi connectivity index (χ1v) is 10.6. The summed E-state index contributed by atoms with van der Waals surface area (Å²) >= 11 is 7.63. The van der Waals surface area contributed by atoms with Crippen LogP contribution in [0.25, 0.3) is 10.2 Å². The maximum atomic E-state index is 13.5. The molecule has 9 heteroatoms. The third kappa shape index (κ3) is 4.12. The van der Waals surface area contributed by atoms with Gasteiger partial charge in [0.1, 0.15) is 0 Å². The number of halogens is 1. The highest BCUT2D eigenvalue weighted by Crippen LogP contribution is 2.34. The molecule has 4 rings (SSSR count). The average Bonchev–Trinajstić information content (AvgIpc) is 3.20. The monoisotopic (exact) mass is 452 g/mol. The highest BCUT2D eigenvalue weighted by molar-refractivity contribution is 7.22. The molecule has 4 aromatic rings. The van der Waals surface area contributed by atoms with Crippen molar-refractivity contribution < 1.29 is 9.72 Å². The van der Waals surface area contributed by atoms with Gasteiger partial charge < -0.3 is 0 Å². The van der Waals surface area contributed by atoms with E-state index in [1.54, 1.807) is 18.3 Å². The summed E-state index contributed by atoms with van der Waals surface area (Å²) in [4.78, 5) is 34.7. The van der Waals surface area contributed by atoms with Gasteiger partial charge in [0.15, 0.2) is 5.13 Å². The number of nitrogens with zero attached hydrogens (tertiary/aromatic N) is 4. The first kappa shape index (κ1) is 20.9. The Morgan fingerprint density at radius 1 is 1.19 bits per heavy atom. The number of nitro groups is 1. The lowest BCUT2D eigenvalue weighted by Gasteiger charge is -2.20. The highest BCUT2D eigenvalue weighted by Gasteiger charge is 2.26. The van der Waals surface area contributed by atoms with Gasteiger partial charge in [-0.2, -0.15) is 0 Å². The van der Waals surface area contributed by atoms with Gasteiger partial charge >= 0.3 is 0 Å². The fourth-order valence-electron chi connectivity index (χ4n) is 3.15. The topological polar surface area (TPSA) is 89.2 Å². The Labute approximate surface area is 187 Å². The molecule has 0 spiro atoms. The number of rotatable bonds is 5. The summed E-state index contributed by atoms with van der Waals surface area (Å²) in [6.45, 7) is 4.15. The number of amides is 1. The minimum absolute atomic E-state index is 0.0407. The van der Waals surface area contributed by atoms with Crippen molar-refractivity contribution in [2.75, 3.05) is 4.90 Å². The third-order valence-corrected chi connectivity index (χ3v) is 6.36. The van der Waals surface area contributed by atoms with Gasteiger partial charge in [-0.05, 0) is 49.2 Å². The maximum absolute atomic E-state index is 13.5. The SMILES string of the molecule is Cc1ccc2sc(N(Cc3ccccn3)C(=O)c3cc([N+](=O)[O-])ccc3Cl)nc2c1C.